The first kappa shape index (κ1) is 14.9. The molecule has 3 rings (SSSR count). The quantitative estimate of drug-likeness (QED) is 0.769. The van der Waals surface area contributed by atoms with Crippen molar-refractivity contribution < 1.29 is 21.9 Å². The van der Waals surface area contributed by atoms with Gasteiger partial charge in [0, 0.05) is 19.7 Å². The third-order valence-electron chi connectivity index (χ3n) is 3.69. The van der Waals surface area contributed by atoms with Crippen molar-refractivity contribution in [2.24, 2.45) is 0 Å². The van der Waals surface area contributed by atoms with Crippen LogP contribution in [0.2, 0.25) is 5.02 Å². The summed E-state index contributed by atoms with van der Waals surface area (Å²) in [6.07, 6.45) is 1.64. The molecule has 0 amide bonds. The van der Waals surface area contributed by atoms with E-state index in [2.05, 4.69) is 4.98 Å². The van der Waals surface area contributed by atoms with Crippen LogP contribution in [0.15, 0.2) is 4.90 Å². The Balaban J connectivity index is 2.07. The fraction of sp³-hybridized carbons (Fsp3) is 0.583. The number of fused-ring (bicyclic) bond motifs is 1. The molecule has 1 saturated heterocycles. The van der Waals surface area contributed by atoms with E-state index in [1.807, 2.05) is 0 Å². The van der Waals surface area contributed by atoms with Gasteiger partial charge in [0.05, 0.1) is 11.9 Å². The lowest BCUT2D eigenvalue weighted by Crippen LogP contribution is -2.41. The van der Waals surface area contributed by atoms with Crippen LogP contribution in [0.3, 0.4) is 0 Å². The highest BCUT2D eigenvalue weighted by Gasteiger charge is 2.37. The molecule has 2 aliphatic heterocycles. The van der Waals surface area contributed by atoms with Crippen molar-refractivity contribution >= 4 is 27.1 Å². The van der Waals surface area contributed by atoms with E-state index in [4.69, 9.17) is 16.3 Å². The first-order valence-corrected chi connectivity index (χ1v) is 8.57. The van der Waals surface area contributed by atoms with Gasteiger partial charge < -0.3 is 9.64 Å². The highest BCUT2D eigenvalue weighted by Crippen LogP contribution is 2.38. The summed E-state index contributed by atoms with van der Waals surface area (Å²) in [6.45, 7) is 1.08. The maximum Gasteiger partial charge on any atom is 0.240 e. The summed E-state index contributed by atoms with van der Waals surface area (Å²) in [5.41, 5.74) is -0.247. The van der Waals surface area contributed by atoms with E-state index < -0.39 is 31.7 Å². The van der Waals surface area contributed by atoms with Crippen LogP contribution >= 0.6 is 11.6 Å². The van der Waals surface area contributed by atoms with Crippen molar-refractivity contribution in [3.8, 4) is 0 Å². The van der Waals surface area contributed by atoms with Gasteiger partial charge in [-0.3, -0.25) is 0 Å². The molecule has 0 saturated carbocycles. The molecule has 21 heavy (non-hydrogen) atoms. The third kappa shape index (κ3) is 2.60. The van der Waals surface area contributed by atoms with Crippen LogP contribution in [0.1, 0.15) is 12.8 Å². The lowest BCUT2D eigenvalue weighted by atomic mass is 10.2. The molecule has 0 radical (unpaired) electrons. The number of anilines is 1. The van der Waals surface area contributed by atoms with Crippen LogP contribution in [0, 0.1) is 11.9 Å². The van der Waals surface area contributed by atoms with E-state index in [1.165, 1.54) is 4.90 Å². The number of hydrogen-bond donors (Lipinski definition) is 0. The fourth-order valence-corrected chi connectivity index (χ4v) is 4.71. The normalized spacial score (nSPS) is 24.1. The highest BCUT2D eigenvalue weighted by atomic mass is 35.5. The average molecular weight is 339 g/mol. The summed E-state index contributed by atoms with van der Waals surface area (Å²) >= 11 is 5.71. The number of ether oxygens (including phenoxy) is 1. The average Bonchev–Trinajstić information content (AvgIpc) is 2.90. The van der Waals surface area contributed by atoms with Gasteiger partial charge in [-0.25, -0.2) is 8.42 Å². The van der Waals surface area contributed by atoms with Crippen LogP contribution in [-0.4, -0.2) is 45.0 Å². The van der Waals surface area contributed by atoms with Gasteiger partial charge in [-0.05, 0) is 12.8 Å². The maximum atomic E-state index is 14.0. The number of aromatic nitrogens is 1. The van der Waals surface area contributed by atoms with Crippen molar-refractivity contribution in [1.29, 1.82) is 0 Å². The van der Waals surface area contributed by atoms with Crippen LogP contribution in [-0.2, 0) is 14.6 Å². The predicted octanol–water partition coefficient (Wildman–Crippen LogP) is 1.79. The molecular weight excluding hydrogens is 326 g/mol. The second kappa shape index (κ2) is 5.33. The smallest absolute Gasteiger partial charge is 0.240 e. The van der Waals surface area contributed by atoms with Gasteiger partial charge >= 0.3 is 0 Å². The molecular formula is C12H13ClF2N2O3S. The minimum Gasteiger partial charge on any atom is -0.376 e. The molecule has 0 spiro atoms. The van der Waals surface area contributed by atoms with Gasteiger partial charge in [0.15, 0.2) is 9.84 Å². The van der Waals surface area contributed by atoms with Crippen LogP contribution in [0.4, 0.5) is 14.5 Å². The molecule has 0 aliphatic carbocycles. The zero-order chi connectivity index (χ0) is 15.2. The Bertz CT molecular complexity index is 678. The summed E-state index contributed by atoms with van der Waals surface area (Å²) in [6, 6.07) is 0. The Labute approximate surface area is 125 Å². The Hall–Kier alpha value is -0.990. The number of pyridine rings is 1. The summed E-state index contributed by atoms with van der Waals surface area (Å²) in [4.78, 5) is 4.09. The Morgan fingerprint density at radius 2 is 2.14 bits per heavy atom. The van der Waals surface area contributed by atoms with Crippen molar-refractivity contribution in [1.82, 2.24) is 4.98 Å². The third-order valence-corrected chi connectivity index (χ3v) is 5.89. The van der Waals surface area contributed by atoms with Crippen LogP contribution in [0.25, 0.3) is 0 Å². The summed E-state index contributed by atoms with van der Waals surface area (Å²) in [5.74, 6) is -2.71. The van der Waals surface area contributed by atoms with Crippen LogP contribution < -0.4 is 4.90 Å². The van der Waals surface area contributed by atoms with E-state index in [-0.39, 0.29) is 24.1 Å². The van der Waals surface area contributed by atoms with Crippen molar-refractivity contribution in [2.75, 3.05) is 30.3 Å². The molecule has 1 atom stereocenters. The fourth-order valence-electron chi connectivity index (χ4n) is 2.70. The molecule has 0 aromatic carbocycles. The molecule has 2 aliphatic rings. The SMILES string of the molecule is O=S1(=O)CCN(C[C@@H]2CCCO2)c2c(F)nc(F)c(Cl)c21. The Morgan fingerprint density at radius 1 is 1.38 bits per heavy atom. The Morgan fingerprint density at radius 3 is 2.81 bits per heavy atom. The Kier molecular flexibility index (Phi) is 3.79. The molecule has 1 fully saturated rings. The predicted molar refractivity (Wildman–Crippen MR) is 72.4 cm³/mol. The molecule has 0 bridgehead atoms. The van der Waals surface area contributed by atoms with Gasteiger partial charge in [-0.15, -0.1) is 0 Å². The first-order chi connectivity index (χ1) is 9.90. The van der Waals surface area contributed by atoms with Gasteiger partial charge in [0.1, 0.15) is 15.6 Å². The molecule has 116 valence electrons. The molecule has 1 aromatic rings. The molecule has 3 heterocycles. The standard InChI is InChI=1S/C12H13ClF2N2O3S/c13-8-10-9(12(15)16-11(8)14)17(3-5-21(10,18)19)6-7-2-1-4-20-7/h7H,1-6H2/t7-/m0/s1. The largest absolute Gasteiger partial charge is 0.376 e. The zero-order valence-electron chi connectivity index (χ0n) is 11.0. The van der Waals surface area contributed by atoms with Gasteiger partial charge in [0.25, 0.3) is 0 Å². The molecule has 9 heteroatoms. The lowest BCUT2D eigenvalue weighted by Gasteiger charge is -2.32. The second-order valence-corrected chi connectivity index (χ2v) is 7.51. The van der Waals surface area contributed by atoms with Crippen molar-refractivity contribution in [3.63, 3.8) is 0 Å². The van der Waals surface area contributed by atoms with Gasteiger partial charge in [-0.2, -0.15) is 13.8 Å². The topological polar surface area (TPSA) is 59.5 Å². The molecule has 0 N–H and O–H groups in total. The number of nitrogens with zero attached hydrogens (tertiary/aromatic N) is 2. The van der Waals surface area contributed by atoms with Crippen molar-refractivity contribution in [2.45, 2.75) is 23.8 Å². The summed E-state index contributed by atoms with van der Waals surface area (Å²) < 4.78 is 57.1. The number of halogens is 3. The van der Waals surface area contributed by atoms with Crippen LogP contribution in [0.5, 0.6) is 0 Å². The first-order valence-electron chi connectivity index (χ1n) is 6.54. The summed E-state index contributed by atoms with van der Waals surface area (Å²) in [7, 11) is -3.82. The highest BCUT2D eigenvalue weighted by molar-refractivity contribution is 7.91. The lowest BCUT2D eigenvalue weighted by molar-refractivity contribution is 0.115. The minimum atomic E-state index is -3.82. The molecule has 1 aromatic heterocycles. The van der Waals surface area contributed by atoms with Gasteiger partial charge in [-0.1, -0.05) is 11.6 Å². The summed E-state index contributed by atoms with van der Waals surface area (Å²) in [5, 5.41) is -0.650. The molecule has 5 nitrogen and oxygen atoms in total. The minimum absolute atomic E-state index is 0.0955. The maximum absolute atomic E-state index is 14.0. The number of rotatable bonds is 2. The van der Waals surface area contributed by atoms with E-state index in [0.29, 0.717) is 13.2 Å². The van der Waals surface area contributed by atoms with E-state index in [9.17, 15) is 17.2 Å². The number of sulfone groups is 1. The van der Waals surface area contributed by atoms with E-state index in [0.717, 1.165) is 12.8 Å². The van der Waals surface area contributed by atoms with Gasteiger partial charge in [0.2, 0.25) is 11.9 Å². The van der Waals surface area contributed by atoms with E-state index >= 15 is 0 Å². The van der Waals surface area contributed by atoms with E-state index in [1.54, 1.807) is 0 Å². The monoisotopic (exact) mass is 338 g/mol. The zero-order valence-corrected chi connectivity index (χ0v) is 12.6. The van der Waals surface area contributed by atoms with Crippen molar-refractivity contribution in [3.05, 3.63) is 16.9 Å². The number of hydrogen-bond acceptors (Lipinski definition) is 5. The molecule has 0 unspecified atom stereocenters. The second-order valence-electron chi connectivity index (χ2n) is 5.09.